The molecule has 0 aliphatic rings. The fourth-order valence-electron chi connectivity index (χ4n) is 4.48. The van der Waals surface area contributed by atoms with Gasteiger partial charge in [-0.1, -0.05) is 39.0 Å². The SMILES string of the molecule is COC(Cc1ccc2c(c1)c(SC(C)(C)C)c(CC(C)(C)O)n2Cc1ccccn1)c1ccccn1. The Balaban J connectivity index is 1.85. The lowest BCUT2D eigenvalue weighted by Crippen LogP contribution is -2.24. The van der Waals surface area contributed by atoms with Gasteiger partial charge in [0, 0.05) is 58.6 Å². The molecule has 190 valence electrons. The third kappa shape index (κ3) is 6.55. The Morgan fingerprint density at radius 1 is 0.972 bits per heavy atom. The van der Waals surface area contributed by atoms with E-state index in [0.717, 1.165) is 29.0 Å². The molecule has 1 unspecified atom stereocenters. The van der Waals surface area contributed by atoms with E-state index in [0.29, 0.717) is 13.0 Å². The smallest absolute Gasteiger partial charge is 0.103 e. The van der Waals surface area contributed by atoms with Crippen molar-refractivity contribution in [3.63, 3.8) is 0 Å². The minimum atomic E-state index is -0.841. The van der Waals surface area contributed by atoms with E-state index in [2.05, 4.69) is 59.6 Å². The number of hydrogen-bond donors (Lipinski definition) is 1. The van der Waals surface area contributed by atoms with Gasteiger partial charge in [-0.05, 0) is 55.8 Å². The van der Waals surface area contributed by atoms with Crippen LogP contribution < -0.4 is 0 Å². The maximum atomic E-state index is 10.9. The van der Waals surface area contributed by atoms with Gasteiger partial charge in [0.2, 0.25) is 0 Å². The summed E-state index contributed by atoms with van der Waals surface area (Å²) in [5, 5.41) is 12.1. The van der Waals surface area contributed by atoms with Crippen LogP contribution in [0.5, 0.6) is 0 Å². The van der Waals surface area contributed by atoms with Gasteiger partial charge in [0.15, 0.2) is 0 Å². The number of aromatic nitrogens is 3. The molecule has 0 saturated carbocycles. The molecule has 1 N–H and O–H groups in total. The highest BCUT2D eigenvalue weighted by atomic mass is 32.2. The monoisotopic (exact) mass is 503 g/mol. The van der Waals surface area contributed by atoms with Crippen LogP contribution in [0.4, 0.5) is 0 Å². The number of nitrogens with zero attached hydrogens (tertiary/aromatic N) is 3. The van der Waals surface area contributed by atoms with E-state index in [-0.39, 0.29) is 10.9 Å². The lowest BCUT2D eigenvalue weighted by Gasteiger charge is -2.23. The number of hydrogen-bond acceptors (Lipinski definition) is 5. The van der Waals surface area contributed by atoms with Crippen molar-refractivity contribution in [2.24, 2.45) is 0 Å². The summed E-state index contributed by atoms with van der Waals surface area (Å²) in [4.78, 5) is 10.3. The van der Waals surface area contributed by atoms with Crippen LogP contribution in [0.2, 0.25) is 0 Å². The van der Waals surface area contributed by atoms with Crippen molar-refractivity contribution < 1.29 is 9.84 Å². The molecule has 1 aromatic carbocycles. The van der Waals surface area contributed by atoms with Crippen molar-refractivity contribution in [3.05, 3.63) is 89.6 Å². The first-order valence-corrected chi connectivity index (χ1v) is 13.2. The Morgan fingerprint density at radius 2 is 1.69 bits per heavy atom. The van der Waals surface area contributed by atoms with E-state index in [9.17, 15) is 5.11 Å². The molecule has 0 bridgehead atoms. The topological polar surface area (TPSA) is 60.2 Å². The third-order valence-electron chi connectivity index (χ3n) is 5.96. The first-order valence-electron chi connectivity index (χ1n) is 12.4. The summed E-state index contributed by atoms with van der Waals surface area (Å²) in [5.41, 5.74) is 4.58. The predicted octanol–water partition coefficient (Wildman–Crippen LogP) is 6.61. The molecule has 0 saturated heterocycles. The van der Waals surface area contributed by atoms with Gasteiger partial charge in [0.25, 0.3) is 0 Å². The van der Waals surface area contributed by atoms with Crippen LogP contribution in [0, 0.1) is 0 Å². The predicted molar refractivity (Wildman–Crippen MR) is 149 cm³/mol. The fourth-order valence-corrected chi connectivity index (χ4v) is 5.67. The third-order valence-corrected chi connectivity index (χ3v) is 7.23. The number of fused-ring (bicyclic) bond motifs is 1. The lowest BCUT2D eigenvalue weighted by molar-refractivity contribution is 0.0785. The molecular formula is C30H37N3O2S. The van der Waals surface area contributed by atoms with Gasteiger partial charge in [-0.2, -0.15) is 0 Å². The molecule has 0 amide bonds. The molecule has 0 aliphatic heterocycles. The maximum absolute atomic E-state index is 10.9. The van der Waals surface area contributed by atoms with Gasteiger partial charge in [-0.3, -0.25) is 9.97 Å². The summed E-state index contributed by atoms with van der Waals surface area (Å²) in [6.45, 7) is 11.1. The van der Waals surface area contributed by atoms with Gasteiger partial charge in [-0.15, -0.1) is 11.8 Å². The molecule has 0 aliphatic carbocycles. The normalized spacial score (nSPS) is 13.3. The second kappa shape index (κ2) is 10.8. The highest BCUT2D eigenvalue weighted by Crippen LogP contribution is 2.43. The van der Waals surface area contributed by atoms with Crippen molar-refractivity contribution in [1.82, 2.24) is 14.5 Å². The standard InChI is InChI=1S/C30H37N3O2S/c1-29(2,3)36-28-23-17-21(18-27(35-6)24-12-8-10-16-32-24)13-14-25(23)33(26(28)19-30(4,5)34)20-22-11-7-9-15-31-22/h7-17,27,34H,18-20H2,1-6H3. The minimum absolute atomic E-state index is 0.0114. The molecule has 3 aromatic heterocycles. The molecule has 1 atom stereocenters. The highest BCUT2D eigenvalue weighted by Gasteiger charge is 2.27. The summed E-state index contributed by atoms with van der Waals surface area (Å²) in [6, 6.07) is 18.6. The number of aliphatic hydroxyl groups is 1. The van der Waals surface area contributed by atoms with Gasteiger partial charge >= 0.3 is 0 Å². The number of ether oxygens (including phenoxy) is 1. The number of rotatable bonds is 9. The van der Waals surface area contributed by atoms with E-state index >= 15 is 0 Å². The van der Waals surface area contributed by atoms with E-state index in [1.165, 1.54) is 15.8 Å². The molecule has 4 rings (SSSR count). The van der Waals surface area contributed by atoms with Gasteiger partial charge in [0.1, 0.15) is 6.10 Å². The van der Waals surface area contributed by atoms with Gasteiger partial charge < -0.3 is 14.4 Å². The number of methoxy groups -OCH3 is 1. The van der Waals surface area contributed by atoms with Crippen LogP contribution in [0.15, 0.2) is 71.9 Å². The molecule has 6 heteroatoms. The van der Waals surface area contributed by atoms with E-state index in [1.807, 2.05) is 68.3 Å². The zero-order valence-electron chi connectivity index (χ0n) is 22.2. The van der Waals surface area contributed by atoms with Crippen LogP contribution in [0.25, 0.3) is 10.9 Å². The number of pyridine rings is 2. The number of thioether (sulfide) groups is 1. The average Bonchev–Trinajstić information content (AvgIpc) is 3.08. The molecule has 5 nitrogen and oxygen atoms in total. The second-order valence-electron chi connectivity index (χ2n) is 10.9. The molecule has 36 heavy (non-hydrogen) atoms. The van der Waals surface area contributed by atoms with Gasteiger partial charge in [0.05, 0.1) is 23.5 Å². The summed E-state index contributed by atoms with van der Waals surface area (Å²) in [5.74, 6) is 0. The van der Waals surface area contributed by atoms with Crippen LogP contribution in [-0.2, 0) is 24.1 Å². The van der Waals surface area contributed by atoms with Gasteiger partial charge in [-0.25, -0.2) is 0 Å². The average molecular weight is 504 g/mol. The zero-order valence-corrected chi connectivity index (χ0v) is 23.0. The van der Waals surface area contributed by atoms with Crippen LogP contribution in [0.1, 0.15) is 63.4 Å². The Labute approximate surface area is 218 Å². The Bertz CT molecular complexity index is 1290. The largest absolute Gasteiger partial charge is 0.390 e. The maximum Gasteiger partial charge on any atom is 0.103 e. The quantitative estimate of drug-likeness (QED) is 0.260. The summed E-state index contributed by atoms with van der Waals surface area (Å²) in [7, 11) is 1.74. The molecule has 0 radical (unpaired) electrons. The van der Waals surface area contributed by atoms with Crippen molar-refractivity contribution in [3.8, 4) is 0 Å². The van der Waals surface area contributed by atoms with Crippen molar-refractivity contribution in [2.75, 3.05) is 7.11 Å². The minimum Gasteiger partial charge on any atom is -0.390 e. The number of benzene rings is 1. The van der Waals surface area contributed by atoms with Crippen LogP contribution >= 0.6 is 11.8 Å². The van der Waals surface area contributed by atoms with Crippen molar-refractivity contribution >= 4 is 22.7 Å². The molecule has 0 spiro atoms. The molecular weight excluding hydrogens is 466 g/mol. The van der Waals surface area contributed by atoms with E-state index in [4.69, 9.17) is 4.74 Å². The first-order chi connectivity index (χ1) is 17.0. The Morgan fingerprint density at radius 3 is 2.28 bits per heavy atom. The molecule has 3 heterocycles. The van der Waals surface area contributed by atoms with Crippen molar-refractivity contribution in [2.45, 2.75) is 75.4 Å². The van der Waals surface area contributed by atoms with Crippen molar-refractivity contribution in [1.29, 1.82) is 0 Å². The lowest BCUT2D eigenvalue weighted by atomic mass is 10.0. The summed E-state index contributed by atoms with van der Waals surface area (Å²) >= 11 is 1.86. The zero-order chi connectivity index (χ0) is 25.9. The summed E-state index contributed by atoms with van der Waals surface area (Å²) in [6.07, 6.45) is 4.81. The Kier molecular flexibility index (Phi) is 7.88. The van der Waals surface area contributed by atoms with Crippen LogP contribution in [0.3, 0.4) is 0 Å². The van der Waals surface area contributed by atoms with E-state index < -0.39 is 5.60 Å². The van der Waals surface area contributed by atoms with E-state index in [1.54, 1.807) is 7.11 Å². The van der Waals surface area contributed by atoms with Crippen LogP contribution in [-0.4, -0.2) is 37.1 Å². The molecule has 0 fully saturated rings. The molecule has 4 aromatic rings. The second-order valence-corrected chi connectivity index (χ2v) is 12.8. The fraction of sp³-hybridized carbons (Fsp3) is 0.400. The highest BCUT2D eigenvalue weighted by molar-refractivity contribution is 8.00. The summed E-state index contributed by atoms with van der Waals surface area (Å²) < 4.78 is 8.17. The first kappa shape index (κ1) is 26.4. The Hall–Kier alpha value is -2.67.